The molecule has 166 valence electrons. The van der Waals surface area contributed by atoms with Crippen molar-refractivity contribution in [2.75, 3.05) is 0 Å². The number of nitrogens with two attached hydrogens (primary N) is 1. The first-order valence-electron chi connectivity index (χ1n) is 9.53. The number of hydrogen-bond donors (Lipinski definition) is 1. The Morgan fingerprint density at radius 1 is 1.00 bits per heavy atom. The third kappa shape index (κ3) is 3.60. The summed E-state index contributed by atoms with van der Waals surface area (Å²) in [6.07, 6.45) is 1.43. The van der Waals surface area contributed by atoms with Crippen LogP contribution in [0.4, 0.5) is 11.4 Å². The van der Waals surface area contributed by atoms with E-state index in [1.165, 1.54) is 48.5 Å². The van der Waals surface area contributed by atoms with Crippen molar-refractivity contribution >= 4 is 40.2 Å². The zero-order chi connectivity index (χ0) is 24.6. The van der Waals surface area contributed by atoms with Crippen molar-refractivity contribution in [3.63, 3.8) is 0 Å². The van der Waals surface area contributed by atoms with E-state index in [2.05, 4.69) is 0 Å². The zero-order valence-electron chi connectivity index (χ0n) is 17.0. The molecule has 0 saturated heterocycles. The van der Waals surface area contributed by atoms with Gasteiger partial charge < -0.3 is 5.73 Å². The Morgan fingerprint density at radius 2 is 1.62 bits per heavy atom. The van der Waals surface area contributed by atoms with E-state index >= 15 is 0 Å². The summed E-state index contributed by atoms with van der Waals surface area (Å²) in [7, 11) is 0. The van der Waals surface area contributed by atoms with Crippen LogP contribution >= 0.6 is 11.3 Å². The van der Waals surface area contributed by atoms with Gasteiger partial charge in [-0.05, 0) is 17.2 Å². The standard InChI is InChI=1S/C22H12N6O5S/c23-10-16-19(13-4-2-6-15(9-13)28(32)33)17(11-24)22-26(20(16)25)21(29)18(34-22)8-12-3-1-5-14(7-12)27(30)31/h1-9,19H,25H2/b18-8-/t19-/m0/s1. The van der Waals surface area contributed by atoms with Crippen LogP contribution < -0.4 is 20.5 Å². The molecule has 0 amide bonds. The molecule has 12 heteroatoms. The fourth-order valence-corrected chi connectivity index (χ4v) is 4.81. The quantitative estimate of drug-likeness (QED) is 0.439. The molecule has 3 aromatic rings. The molecule has 0 fully saturated rings. The molecule has 2 aromatic carbocycles. The number of rotatable bonds is 4. The molecule has 0 bridgehead atoms. The molecule has 34 heavy (non-hydrogen) atoms. The number of benzene rings is 2. The van der Waals surface area contributed by atoms with E-state index in [1.54, 1.807) is 6.07 Å². The Balaban J connectivity index is 2.02. The SMILES string of the molecule is N#CC1=C(N)n2c(s/c(=C\c3cccc([N+](=O)[O-])c3)c2=O)=C(C#N)[C@H]1c1cccc([N+](=O)[O-])c1. The van der Waals surface area contributed by atoms with Gasteiger partial charge in [-0.1, -0.05) is 24.3 Å². The Bertz CT molecular complexity index is 1690. The third-order valence-electron chi connectivity index (χ3n) is 5.18. The molecule has 1 aliphatic heterocycles. The molecular formula is C22H12N6O5S. The summed E-state index contributed by atoms with van der Waals surface area (Å²) >= 11 is 0.937. The second-order valence-corrected chi connectivity index (χ2v) is 8.16. The number of nitro benzene ring substituents is 2. The fourth-order valence-electron chi connectivity index (χ4n) is 3.68. The summed E-state index contributed by atoms with van der Waals surface area (Å²) in [5, 5.41) is 42.0. The average molecular weight is 472 g/mol. The third-order valence-corrected chi connectivity index (χ3v) is 6.29. The lowest BCUT2D eigenvalue weighted by atomic mass is 9.84. The van der Waals surface area contributed by atoms with Crippen molar-refractivity contribution in [2.24, 2.45) is 5.73 Å². The molecule has 2 heterocycles. The average Bonchev–Trinajstić information content (AvgIpc) is 3.15. The molecule has 1 atom stereocenters. The van der Waals surface area contributed by atoms with Gasteiger partial charge in [0, 0.05) is 24.3 Å². The largest absolute Gasteiger partial charge is 0.384 e. The van der Waals surface area contributed by atoms with E-state index in [4.69, 9.17) is 5.73 Å². The van der Waals surface area contributed by atoms with Crippen molar-refractivity contribution in [3.05, 3.63) is 105 Å². The van der Waals surface area contributed by atoms with Gasteiger partial charge in [0.15, 0.2) is 0 Å². The molecule has 0 saturated carbocycles. The van der Waals surface area contributed by atoms with Gasteiger partial charge >= 0.3 is 0 Å². The minimum Gasteiger partial charge on any atom is -0.384 e. The van der Waals surface area contributed by atoms with E-state index in [1.807, 2.05) is 12.1 Å². The van der Waals surface area contributed by atoms with Gasteiger partial charge in [0.25, 0.3) is 16.9 Å². The van der Waals surface area contributed by atoms with Crippen LogP contribution in [0.25, 0.3) is 17.5 Å². The number of allylic oxidation sites excluding steroid dienone is 1. The van der Waals surface area contributed by atoms with Crippen LogP contribution in [0.15, 0.2) is 58.9 Å². The van der Waals surface area contributed by atoms with Crippen LogP contribution in [0.5, 0.6) is 0 Å². The van der Waals surface area contributed by atoms with Gasteiger partial charge in [-0.3, -0.25) is 29.6 Å². The van der Waals surface area contributed by atoms with Gasteiger partial charge in [0.05, 0.1) is 43.6 Å². The Labute approximate surface area is 194 Å². The van der Waals surface area contributed by atoms with Crippen molar-refractivity contribution in [1.82, 2.24) is 4.57 Å². The van der Waals surface area contributed by atoms with Crippen LogP contribution in [0.1, 0.15) is 17.0 Å². The first-order valence-corrected chi connectivity index (χ1v) is 10.3. The smallest absolute Gasteiger partial charge is 0.274 e. The van der Waals surface area contributed by atoms with Crippen LogP contribution in [0.3, 0.4) is 0 Å². The first-order chi connectivity index (χ1) is 16.3. The van der Waals surface area contributed by atoms with Gasteiger partial charge in [-0.15, -0.1) is 11.3 Å². The maximum atomic E-state index is 13.1. The lowest BCUT2D eigenvalue weighted by Gasteiger charge is -2.22. The number of nitro groups is 2. The predicted octanol–water partition coefficient (Wildman–Crippen LogP) is 1.68. The molecule has 0 unspecified atom stereocenters. The highest BCUT2D eigenvalue weighted by atomic mass is 32.1. The maximum Gasteiger partial charge on any atom is 0.274 e. The zero-order valence-corrected chi connectivity index (χ0v) is 17.9. The molecule has 0 radical (unpaired) electrons. The van der Waals surface area contributed by atoms with Crippen molar-refractivity contribution < 1.29 is 9.85 Å². The van der Waals surface area contributed by atoms with E-state index < -0.39 is 21.3 Å². The number of nitrogens with zero attached hydrogens (tertiary/aromatic N) is 5. The highest BCUT2D eigenvalue weighted by molar-refractivity contribution is 7.07. The minimum atomic E-state index is -1.00. The summed E-state index contributed by atoms with van der Waals surface area (Å²) < 4.78 is 1.37. The topological polar surface area (TPSA) is 182 Å². The maximum absolute atomic E-state index is 13.1. The number of hydrogen-bond acceptors (Lipinski definition) is 9. The normalized spacial score (nSPS) is 15.4. The van der Waals surface area contributed by atoms with Crippen molar-refractivity contribution in [3.8, 4) is 12.1 Å². The van der Waals surface area contributed by atoms with E-state index in [0.29, 0.717) is 11.1 Å². The Kier molecular flexibility index (Phi) is 5.51. The number of non-ortho nitro benzene ring substituents is 2. The molecule has 2 N–H and O–H groups in total. The number of aromatic nitrogens is 1. The van der Waals surface area contributed by atoms with Gasteiger partial charge in [0.2, 0.25) is 0 Å². The Morgan fingerprint density at radius 3 is 2.24 bits per heavy atom. The Hall–Kier alpha value is -5.07. The molecule has 1 aromatic heterocycles. The van der Waals surface area contributed by atoms with Gasteiger partial charge in [0.1, 0.15) is 10.5 Å². The highest BCUT2D eigenvalue weighted by Crippen LogP contribution is 2.36. The van der Waals surface area contributed by atoms with Crippen LogP contribution in [0, 0.1) is 42.9 Å². The molecule has 4 rings (SSSR count). The van der Waals surface area contributed by atoms with E-state index in [-0.39, 0.29) is 37.5 Å². The summed E-state index contributed by atoms with van der Waals surface area (Å²) in [5.74, 6) is -1.19. The van der Waals surface area contributed by atoms with Crippen LogP contribution in [-0.4, -0.2) is 14.4 Å². The number of fused-ring (bicyclic) bond motifs is 1. The highest BCUT2D eigenvalue weighted by Gasteiger charge is 2.32. The monoisotopic (exact) mass is 472 g/mol. The number of thiazole rings is 1. The molecule has 1 aliphatic rings. The second kappa shape index (κ2) is 8.46. The van der Waals surface area contributed by atoms with E-state index in [9.17, 15) is 35.5 Å². The minimum absolute atomic E-state index is 0.0343. The van der Waals surface area contributed by atoms with E-state index in [0.717, 1.165) is 15.9 Å². The fraction of sp³-hybridized carbons (Fsp3) is 0.0455. The number of nitriles is 2. The lowest BCUT2D eigenvalue weighted by molar-refractivity contribution is -0.385. The predicted molar refractivity (Wildman–Crippen MR) is 122 cm³/mol. The lowest BCUT2D eigenvalue weighted by Crippen LogP contribution is -2.38. The molecule has 0 aliphatic carbocycles. The molecule has 0 spiro atoms. The van der Waals surface area contributed by atoms with Gasteiger partial charge in [-0.2, -0.15) is 10.5 Å². The summed E-state index contributed by atoms with van der Waals surface area (Å²) in [4.78, 5) is 34.3. The van der Waals surface area contributed by atoms with Crippen LogP contribution in [0.2, 0.25) is 0 Å². The summed E-state index contributed by atoms with van der Waals surface area (Å²) in [5.41, 5.74) is 5.85. The molecular weight excluding hydrogens is 460 g/mol. The van der Waals surface area contributed by atoms with Gasteiger partial charge in [-0.25, -0.2) is 0 Å². The summed E-state index contributed by atoms with van der Waals surface area (Å²) in [6.45, 7) is 0. The van der Waals surface area contributed by atoms with Crippen LogP contribution in [-0.2, 0) is 0 Å². The molecule has 11 nitrogen and oxygen atoms in total. The van der Waals surface area contributed by atoms with Crippen molar-refractivity contribution in [2.45, 2.75) is 5.92 Å². The van der Waals surface area contributed by atoms with Crippen molar-refractivity contribution in [1.29, 1.82) is 10.5 Å². The summed E-state index contributed by atoms with van der Waals surface area (Å²) in [6, 6.07) is 15.1. The first kappa shape index (κ1) is 22.1. The second-order valence-electron chi connectivity index (χ2n) is 7.13.